The second-order valence-corrected chi connectivity index (χ2v) is 9.13. The van der Waals surface area contributed by atoms with E-state index in [1.54, 1.807) is 0 Å². The normalized spacial score (nSPS) is 54.6. The number of ketones is 2. The van der Waals surface area contributed by atoms with Crippen molar-refractivity contribution in [3.8, 4) is 0 Å². The van der Waals surface area contributed by atoms with Gasteiger partial charge in [0, 0.05) is 25.2 Å². The zero-order chi connectivity index (χ0) is 15.7. The van der Waals surface area contributed by atoms with Crippen molar-refractivity contribution in [2.75, 3.05) is 0 Å². The van der Waals surface area contributed by atoms with E-state index in [0.29, 0.717) is 42.8 Å². The number of aliphatic hydroxyl groups excluding tert-OH is 1. The van der Waals surface area contributed by atoms with Gasteiger partial charge in [-0.1, -0.05) is 13.8 Å². The average Bonchev–Trinajstić information content (AvgIpc) is 2.76. The minimum absolute atomic E-state index is 0.0225. The Hall–Kier alpha value is -0.700. The molecule has 0 radical (unpaired) electrons. The summed E-state index contributed by atoms with van der Waals surface area (Å²) in [5.41, 5.74) is 0.261. The Bertz CT molecular complexity index is 527. The molecule has 0 saturated heterocycles. The van der Waals surface area contributed by atoms with Gasteiger partial charge in [0.05, 0.1) is 6.10 Å². The number of fused-ring (bicyclic) bond motifs is 5. The van der Waals surface area contributed by atoms with Crippen LogP contribution in [0.1, 0.15) is 65.2 Å². The highest BCUT2D eigenvalue weighted by atomic mass is 16.3. The number of Topliss-reactive ketones (excluding diaryl/α,β-unsaturated/α-hetero) is 2. The number of hydrogen-bond donors (Lipinski definition) is 1. The number of aliphatic hydroxyl groups is 1. The quantitative estimate of drug-likeness (QED) is 0.748. The first-order valence-corrected chi connectivity index (χ1v) is 9.06. The monoisotopic (exact) mass is 304 g/mol. The Balaban J connectivity index is 1.69. The van der Waals surface area contributed by atoms with E-state index in [-0.39, 0.29) is 28.6 Å². The highest BCUT2D eigenvalue weighted by Gasteiger charge is 2.61. The maximum absolute atomic E-state index is 12.8. The molecule has 0 bridgehead atoms. The van der Waals surface area contributed by atoms with Crippen LogP contribution in [0.4, 0.5) is 0 Å². The molecule has 3 heteroatoms. The Morgan fingerprint density at radius 3 is 2.64 bits per heavy atom. The maximum atomic E-state index is 12.8. The van der Waals surface area contributed by atoms with E-state index in [0.717, 1.165) is 19.3 Å². The second kappa shape index (κ2) is 4.66. The van der Waals surface area contributed by atoms with Gasteiger partial charge < -0.3 is 5.11 Å². The lowest BCUT2D eigenvalue weighted by Gasteiger charge is -2.58. The van der Waals surface area contributed by atoms with E-state index in [2.05, 4.69) is 13.8 Å². The third-order valence-corrected chi connectivity index (χ3v) is 8.03. The molecule has 4 aliphatic rings. The first kappa shape index (κ1) is 14.9. The van der Waals surface area contributed by atoms with Gasteiger partial charge in [0.1, 0.15) is 11.6 Å². The predicted molar refractivity (Wildman–Crippen MR) is 83.1 cm³/mol. The van der Waals surface area contributed by atoms with Gasteiger partial charge in [0.25, 0.3) is 0 Å². The summed E-state index contributed by atoms with van der Waals surface area (Å²) in [6.45, 7) is 4.61. The van der Waals surface area contributed by atoms with Gasteiger partial charge in [-0.15, -0.1) is 0 Å². The molecule has 4 rings (SSSR count). The molecule has 0 heterocycles. The van der Waals surface area contributed by atoms with Crippen LogP contribution in [0.15, 0.2) is 0 Å². The molecule has 7 atom stereocenters. The molecule has 1 N–H and O–H groups in total. The second-order valence-electron chi connectivity index (χ2n) is 9.13. The Labute approximate surface area is 132 Å². The topological polar surface area (TPSA) is 54.4 Å². The Kier molecular flexibility index (Phi) is 3.15. The van der Waals surface area contributed by atoms with Crippen molar-refractivity contribution in [1.29, 1.82) is 0 Å². The zero-order valence-electron chi connectivity index (χ0n) is 13.8. The largest absolute Gasteiger partial charge is 0.393 e. The fourth-order valence-corrected chi connectivity index (χ4v) is 6.86. The van der Waals surface area contributed by atoms with Gasteiger partial charge in [-0.25, -0.2) is 0 Å². The molecule has 4 saturated carbocycles. The van der Waals surface area contributed by atoms with Gasteiger partial charge >= 0.3 is 0 Å². The first-order valence-electron chi connectivity index (χ1n) is 9.06. The molecule has 0 aromatic heterocycles. The standard InChI is InChI=1S/C19H28O3/c1-18-5-4-14-13(15(18)8-12(21)10-18)9-17(22)16-7-11(20)3-6-19(14,16)2/h12-16,21H,3-10H2,1-2H3. The molecular weight excluding hydrogens is 276 g/mol. The molecule has 0 aromatic rings. The summed E-state index contributed by atoms with van der Waals surface area (Å²) in [6, 6.07) is 0. The van der Waals surface area contributed by atoms with E-state index in [4.69, 9.17) is 0 Å². The number of carbonyl (C=O) groups excluding carboxylic acids is 2. The van der Waals surface area contributed by atoms with Crippen molar-refractivity contribution in [1.82, 2.24) is 0 Å². The first-order chi connectivity index (χ1) is 10.3. The summed E-state index contributed by atoms with van der Waals surface area (Å²) in [5, 5.41) is 10.2. The van der Waals surface area contributed by atoms with Crippen molar-refractivity contribution in [2.45, 2.75) is 71.3 Å². The van der Waals surface area contributed by atoms with E-state index in [1.165, 1.54) is 12.8 Å². The summed E-state index contributed by atoms with van der Waals surface area (Å²) < 4.78 is 0. The van der Waals surface area contributed by atoms with Gasteiger partial charge in [0.15, 0.2) is 0 Å². The Morgan fingerprint density at radius 1 is 1.09 bits per heavy atom. The van der Waals surface area contributed by atoms with Gasteiger partial charge in [0.2, 0.25) is 0 Å². The van der Waals surface area contributed by atoms with Crippen LogP contribution in [0.3, 0.4) is 0 Å². The molecule has 3 nitrogen and oxygen atoms in total. The van der Waals surface area contributed by atoms with Crippen LogP contribution in [0.25, 0.3) is 0 Å². The fourth-order valence-electron chi connectivity index (χ4n) is 6.86. The molecule has 0 aromatic carbocycles. The van der Waals surface area contributed by atoms with Crippen molar-refractivity contribution in [2.24, 2.45) is 34.5 Å². The van der Waals surface area contributed by atoms with E-state index in [1.807, 2.05) is 0 Å². The zero-order valence-corrected chi connectivity index (χ0v) is 13.8. The van der Waals surface area contributed by atoms with Gasteiger partial charge in [-0.3, -0.25) is 9.59 Å². The molecule has 122 valence electrons. The minimum atomic E-state index is -0.178. The van der Waals surface area contributed by atoms with Crippen LogP contribution in [0.2, 0.25) is 0 Å². The summed E-state index contributed by atoms with van der Waals surface area (Å²) in [6.07, 6.45) is 6.68. The van der Waals surface area contributed by atoms with Crippen LogP contribution in [-0.4, -0.2) is 22.8 Å². The molecule has 7 unspecified atom stereocenters. The fraction of sp³-hybridized carbons (Fsp3) is 0.895. The molecule has 22 heavy (non-hydrogen) atoms. The van der Waals surface area contributed by atoms with Crippen LogP contribution >= 0.6 is 0 Å². The average molecular weight is 304 g/mol. The van der Waals surface area contributed by atoms with Crippen LogP contribution in [0.5, 0.6) is 0 Å². The number of hydrogen-bond acceptors (Lipinski definition) is 3. The van der Waals surface area contributed by atoms with Crippen LogP contribution < -0.4 is 0 Å². The van der Waals surface area contributed by atoms with Crippen LogP contribution in [0, 0.1) is 34.5 Å². The lowest BCUT2D eigenvalue weighted by Crippen LogP contribution is -2.56. The van der Waals surface area contributed by atoms with E-state index < -0.39 is 0 Å². The number of rotatable bonds is 0. The molecule has 4 aliphatic carbocycles. The van der Waals surface area contributed by atoms with Gasteiger partial charge in [-0.05, 0) is 60.7 Å². The predicted octanol–water partition coefficient (Wildman–Crippen LogP) is 3.14. The molecular formula is C19H28O3. The molecule has 0 spiro atoms. The summed E-state index contributed by atoms with van der Waals surface area (Å²) in [4.78, 5) is 24.7. The van der Waals surface area contributed by atoms with E-state index >= 15 is 0 Å². The smallest absolute Gasteiger partial charge is 0.137 e. The summed E-state index contributed by atoms with van der Waals surface area (Å²) >= 11 is 0. The SMILES string of the molecule is CC12CCC3C(CC(=O)C4CC(=O)CCC43C)C1CC(O)C2. The maximum Gasteiger partial charge on any atom is 0.137 e. The highest BCUT2D eigenvalue weighted by molar-refractivity contribution is 5.90. The van der Waals surface area contributed by atoms with E-state index in [9.17, 15) is 14.7 Å². The van der Waals surface area contributed by atoms with Crippen molar-refractivity contribution >= 4 is 11.6 Å². The summed E-state index contributed by atoms with van der Waals surface area (Å²) in [5.74, 6) is 2.12. The highest BCUT2D eigenvalue weighted by Crippen LogP contribution is 2.65. The molecule has 0 aliphatic heterocycles. The van der Waals surface area contributed by atoms with Crippen LogP contribution in [-0.2, 0) is 9.59 Å². The summed E-state index contributed by atoms with van der Waals surface area (Å²) in [7, 11) is 0. The van der Waals surface area contributed by atoms with Gasteiger partial charge in [-0.2, -0.15) is 0 Å². The Morgan fingerprint density at radius 2 is 1.86 bits per heavy atom. The third-order valence-electron chi connectivity index (χ3n) is 8.03. The minimum Gasteiger partial charge on any atom is -0.393 e. The number of carbonyl (C=O) groups is 2. The van der Waals surface area contributed by atoms with Crippen molar-refractivity contribution in [3.63, 3.8) is 0 Å². The van der Waals surface area contributed by atoms with Crippen molar-refractivity contribution < 1.29 is 14.7 Å². The third kappa shape index (κ3) is 1.90. The van der Waals surface area contributed by atoms with Crippen molar-refractivity contribution in [3.05, 3.63) is 0 Å². The lowest BCUT2D eigenvalue weighted by atomic mass is 9.45. The lowest BCUT2D eigenvalue weighted by molar-refractivity contribution is -0.157. The molecule has 4 fully saturated rings. The molecule has 0 amide bonds.